The molecular weight excluding hydrogens is 334 g/mol. The van der Waals surface area contributed by atoms with Crippen LogP contribution in [0, 0.1) is 18.6 Å². The van der Waals surface area contributed by atoms with Gasteiger partial charge in [0.05, 0.1) is 10.3 Å². The van der Waals surface area contributed by atoms with Gasteiger partial charge in [0.2, 0.25) is 0 Å². The molecule has 0 aliphatic rings. The standard InChI is InChI=1S/C14H9ClF2N2O2S/c1-8-2-4-9(5-3-8)22(20,21)19-7-6-10-11(16)12(17)13(15)18-14(10)19/h2-7H,1H3. The molecule has 0 spiro atoms. The number of fused-ring (bicyclic) bond motifs is 1. The highest BCUT2D eigenvalue weighted by atomic mass is 35.5. The van der Waals surface area contributed by atoms with E-state index in [1.165, 1.54) is 12.1 Å². The van der Waals surface area contributed by atoms with Crippen LogP contribution in [-0.2, 0) is 10.0 Å². The zero-order valence-electron chi connectivity index (χ0n) is 11.2. The second-order valence-electron chi connectivity index (χ2n) is 4.70. The molecule has 0 aliphatic heterocycles. The lowest BCUT2D eigenvalue weighted by Crippen LogP contribution is -2.12. The van der Waals surface area contributed by atoms with E-state index in [4.69, 9.17) is 11.6 Å². The maximum atomic E-state index is 13.8. The van der Waals surface area contributed by atoms with Gasteiger partial charge in [-0.25, -0.2) is 26.2 Å². The van der Waals surface area contributed by atoms with Gasteiger partial charge in [0.1, 0.15) is 0 Å². The van der Waals surface area contributed by atoms with E-state index in [1.54, 1.807) is 12.1 Å². The van der Waals surface area contributed by atoms with Gasteiger partial charge in [-0.1, -0.05) is 29.3 Å². The molecule has 0 aliphatic carbocycles. The van der Waals surface area contributed by atoms with E-state index >= 15 is 0 Å². The van der Waals surface area contributed by atoms with Gasteiger partial charge in [-0.3, -0.25) is 0 Å². The van der Waals surface area contributed by atoms with Gasteiger partial charge in [-0.2, -0.15) is 0 Å². The van der Waals surface area contributed by atoms with Crippen molar-refractivity contribution in [1.82, 2.24) is 8.96 Å². The van der Waals surface area contributed by atoms with E-state index in [1.807, 2.05) is 6.92 Å². The maximum absolute atomic E-state index is 13.8. The van der Waals surface area contributed by atoms with Crippen LogP contribution in [0.2, 0.25) is 5.15 Å². The molecule has 0 N–H and O–H groups in total. The topological polar surface area (TPSA) is 52.0 Å². The van der Waals surface area contributed by atoms with E-state index in [0.717, 1.165) is 21.8 Å². The van der Waals surface area contributed by atoms with Crippen LogP contribution in [0.15, 0.2) is 41.4 Å². The molecule has 1 aromatic carbocycles. The highest BCUT2D eigenvalue weighted by molar-refractivity contribution is 7.90. The first kappa shape index (κ1) is 14.9. The lowest BCUT2D eigenvalue weighted by molar-refractivity contribution is 0.513. The molecule has 4 nitrogen and oxygen atoms in total. The summed E-state index contributed by atoms with van der Waals surface area (Å²) in [4.78, 5) is 3.65. The molecule has 22 heavy (non-hydrogen) atoms. The third-order valence-electron chi connectivity index (χ3n) is 3.22. The Morgan fingerprint density at radius 3 is 2.36 bits per heavy atom. The van der Waals surface area contributed by atoms with Crippen LogP contribution in [0.3, 0.4) is 0 Å². The Bertz CT molecular complexity index is 982. The number of hydrogen-bond acceptors (Lipinski definition) is 3. The maximum Gasteiger partial charge on any atom is 0.269 e. The Hall–Kier alpha value is -1.99. The minimum atomic E-state index is -3.98. The van der Waals surface area contributed by atoms with Crippen LogP contribution in [0.25, 0.3) is 11.0 Å². The molecule has 0 saturated heterocycles. The Morgan fingerprint density at radius 1 is 1.09 bits per heavy atom. The smallest absolute Gasteiger partial charge is 0.224 e. The van der Waals surface area contributed by atoms with E-state index in [2.05, 4.69) is 4.98 Å². The molecule has 0 bridgehead atoms. The second kappa shape index (κ2) is 5.03. The lowest BCUT2D eigenvalue weighted by Gasteiger charge is -2.08. The first-order chi connectivity index (χ1) is 10.3. The molecule has 3 aromatic rings. The van der Waals surface area contributed by atoms with Gasteiger partial charge in [0.25, 0.3) is 10.0 Å². The highest BCUT2D eigenvalue weighted by Crippen LogP contribution is 2.27. The van der Waals surface area contributed by atoms with Crippen molar-refractivity contribution >= 4 is 32.7 Å². The van der Waals surface area contributed by atoms with E-state index < -0.39 is 26.8 Å². The Morgan fingerprint density at radius 2 is 1.73 bits per heavy atom. The third-order valence-corrected chi connectivity index (χ3v) is 5.15. The largest absolute Gasteiger partial charge is 0.269 e. The molecule has 0 fully saturated rings. The first-order valence-electron chi connectivity index (χ1n) is 6.16. The summed E-state index contributed by atoms with van der Waals surface area (Å²) in [5, 5.41) is -0.971. The highest BCUT2D eigenvalue weighted by Gasteiger charge is 2.23. The average Bonchev–Trinajstić information content (AvgIpc) is 2.90. The number of aryl methyl sites for hydroxylation is 1. The lowest BCUT2D eigenvalue weighted by atomic mass is 10.2. The minimum absolute atomic E-state index is 0.0123. The molecule has 0 amide bonds. The van der Waals surface area contributed by atoms with Crippen molar-refractivity contribution in [3.63, 3.8) is 0 Å². The zero-order valence-corrected chi connectivity index (χ0v) is 12.8. The van der Waals surface area contributed by atoms with Crippen molar-refractivity contribution < 1.29 is 17.2 Å². The SMILES string of the molecule is Cc1ccc(S(=O)(=O)n2ccc3c(F)c(F)c(Cl)nc32)cc1. The number of halogens is 3. The van der Waals surface area contributed by atoms with E-state index in [9.17, 15) is 17.2 Å². The molecule has 3 rings (SSSR count). The minimum Gasteiger partial charge on any atom is -0.224 e. The van der Waals surface area contributed by atoms with Crippen molar-refractivity contribution in [2.45, 2.75) is 11.8 Å². The van der Waals surface area contributed by atoms with Crippen molar-refractivity contribution in [3.8, 4) is 0 Å². The molecule has 0 saturated carbocycles. The summed E-state index contributed by atoms with van der Waals surface area (Å²) in [6.07, 6.45) is 1.12. The van der Waals surface area contributed by atoms with Crippen LogP contribution in [0.4, 0.5) is 8.78 Å². The monoisotopic (exact) mass is 342 g/mol. The van der Waals surface area contributed by atoms with Crippen molar-refractivity contribution in [1.29, 1.82) is 0 Å². The van der Waals surface area contributed by atoms with Gasteiger partial charge in [0.15, 0.2) is 22.4 Å². The Balaban J connectivity index is 2.28. The van der Waals surface area contributed by atoms with Crippen LogP contribution in [-0.4, -0.2) is 17.4 Å². The quantitative estimate of drug-likeness (QED) is 0.670. The first-order valence-corrected chi connectivity index (χ1v) is 7.98. The summed E-state index contributed by atoms with van der Waals surface area (Å²) < 4.78 is 53.2. The average molecular weight is 343 g/mol. The molecule has 2 aromatic heterocycles. The fourth-order valence-electron chi connectivity index (χ4n) is 2.06. The summed E-state index contributed by atoms with van der Waals surface area (Å²) in [7, 11) is -3.98. The molecule has 0 radical (unpaired) electrons. The number of aromatic nitrogens is 2. The number of nitrogens with zero attached hydrogens (tertiary/aromatic N) is 2. The number of hydrogen-bond donors (Lipinski definition) is 0. The van der Waals surface area contributed by atoms with E-state index in [0.29, 0.717) is 0 Å². The van der Waals surface area contributed by atoms with Crippen LogP contribution in [0.5, 0.6) is 0 Å². The van der Waals surface area contributed by atoms with Gasteiger partial charge < -0.3 is 0 Å². The van der Waals surface area contributed by atoms with Crippen molar-refractivity contribution in [2.75, 3.05) is 0 Å². The summed E-state index contributed by atoms with van der Waals surface area (Å²) in [6.45, 7) is 1.82. The number of benzene rings is 1. The molecular formula is C14H9ClF2N2O2S. The van der Waals surface area contributed by atoms with E-state index in [-0.39, 0.29) is 15.9 Å². The Kier molecular flexibility index (Phi) is 3.41. The predicted molar refractivity (Wildman–Crippen MR) is 78.4 cm³/mol. The van der Waals surface area contributed by atoms with Gasteiger partial charge in [-0.15, -0.1) is 0 Å². The molecule has 0 unspecified atom stereocenters. The van der Waals surface area contributed by atoms with Crippen molar-refractivity contribution in [2.24, 2.45) is 0 Å². The second-order valence-corrected chi connectivity index (χ2v) is 6.87. The van der Waals surface area contributed by atoms with Gasteiger partial charge in [-0.05, 0) is 25.1 Å². The molecule has 2 heterocycles. The number of rotatable bonds is 2. The third kappa shape index (κ3) is 2.17. The summed E-state index contributed by atoms with van der Waals surface area (Å²) in [5.74, 6) is -2.53. The van der Waals surface area contributed by atoms with Crippen LogP contribution >= 0.6 is 11.6 Å². The predicted octanol–water partition coefficient (Wildman–Crippen LogP) is 3.51. The summed E-state index contributed by atoms with van der Waals surface area (Å²) in [5.41, 5.74) is 0.634. The van der Waals surface area contributed by atoms with Gasteiger partial charge >= 0.3 is 0 Å². The van der Waals surface area contributed by atoms with Gasteiger partial charge in [0, 0.05) is 6.20 Å². The van der Waals surface area contributed by atoms with Crippen LogP contribution < -0.4 is 0 Å². The number of pyridine rings is 1. The Labute approximate surface area is 130 Å². The van der Waals surface area contributed by atoms with Crippen molar-refractivity contribution in [3.05, 3.63) is 58.9 Å². The molecule has 0 atom stereocenters. The fourth-order valence-corrected chi connectivity index (χ4v) is 3.51. The molecule has 8 heteroatoms. The summed E-state index contributed by atoms with van der Waals surface area (Å²) >= 11 is 5.50. The summed E-state index contributed by atoms with van der Waals surface area (Å²) in [6, 6.07) is 7.28. The normalized spacial score (nSPS) is 12.0. The molecule has 114 valence electrons. The van der Waals surface area contributed by atoms with Crippen LogP contribution in [0.1, 0.15) is 5.56 Å². The zero-order chi connectivity index (χ0) is 16.1. The fraction of sp³-hybridized carbons (Fsp3) is 0.0714.